The van der Waals surface area contributed by atoms with Gasteiger partial charge in [0.2, 0.25) is 5.91 Å². The number of carbonyl (C=O) groups excluding carboxylic acids is 2. The third-order valence-corrected chi connectivity index (χ3v) is 7.16. The Hall–Kier alpha value is -2.63. The Morgan fingerprint density at radius 1 is 1.14 bits per heavy atom. The summed E-state index contributed by atoms with van der Waals surface area (Å²) in [6.07, 6.45) is 5.29. The van der Waals surface area contributed by atoms with Crippen LogP contribution in [0, 0.1) is 23.7 Å². The van der Waals surface area contributed by atoms with Crippen LogP contribution in [0.5, 0.6) is 0 Å². The average molecular weight is 393 g/mol. The maximum absolute atomic E-state index is 13.0. The van der Waals surface area contributed by atoms with E-state index in [1.807, 2.05) is 24.7 Å². The number of fused-ring (bicyclic) bond motifs is 2. The molecule has 1 aromatic heterocycles. The quantitative estimate of drug-likeness (QED) is 0.783. The molecule has 29 heavy (non-hydrogen) atoms. The Bertz CT molecular complexity index is 915. The third kappa shape index (κ3) is 3.15. The van der Waals surface area contributed by atoms with Crippen molar-refractivity contribution in [3.8, 4) is 0 Å². The second kappa shape index (κ2) is 7.01. The summed E-state index contributed by atoms with van der Waals surface area (Å²) in [6, 6.07) is 8.42. The molecule has 1 unspecified atom stereocenters. The standard InChI is InChI=1S/C23H28N4O2/c1-3-26-9-8-24-21(26)23(29)25(2)12-18-19-13-27(14-20(18)19)22(28)17-10-15-6-4-5-7-16(15)11-17/h4-9,17-20H,3,10-14H2,1-2H3/t18?,19-,20+. The van der Waals surface area contributed by atoms with Gasteiger partial charge >= 0.3 is 0 Å². The van der Waals surface area contributed by atoms with Crippen LogP contribution in [-0.4, -0.2) is 57.8 Å². The zero-order valence-corrected chi connectivity index (χ0v) is 17.1. The molecule has 2 fully saturated rings. The predicted octanol–water partition coefficient (Wildman–Crippen LogP) is 2.09. The van der Waals surface area contributed by atoms with Crippen LogP contribution in [0.1, 0.15) is 28.7 Å². The number of benzene rings is 1. The molecule has 1 aromatic carbocycles. The summed E-state index contributed by atoms with van der Waals surface area (Å²) < 4.78 is 1.88. The minimum absolute atomic E-state index is 0.0153. The van der Waals surface area contributed by atoms with Crippen molar-refractivity contribution in [2.45, 2.75) is 26.3 Å². The van der Waals surface area contributed by atoms with Gasteiger partial charge in [-0.05, 0) is 48.6 Å². The number of nitrogens with zero attached hydrogens (tertiary/aromatic N) is 4. The van der Waals surface area contributed by atoms with E-state index in [4.69, 9.17) is 0 Å². The van der Waals surface area contributed by atoms with Crippen molar-refractivity contribution < 1.29 is 9.59 Å². The van der Waals surface area contributed by atoms with Gasteiger partial charge in [0.05, 0.1) is 0 Å². The van der Waals surface area contributed by atoms with Crippen molar-refractivity contribution in [2.75, 3.05) is 26.7 Å². The number of rotatable bonds is 5. The van der Waals surface area contributed by atoms with Crippen molar-refractivity contribution in [1.29, 1.82) is 0 Å². The number of imidazole rings is 1. The Labute approximate surface area is 171 Å². The van der Waals surface area contributed by atoms with Gasteiger partial charge in [-0.1, -0.05) is 24.3 Å². The van der Waals surface area contributed by atoms with E-state index in [2.05, 4.69) is 34.1 Å². The van der Waals surface area contributed by atoms with Gasteiger partial charge in [-0.25, -0.2) is 4.98 Å². The van der Waals surface area contributed by atoms with Crippen LogP contribution in [-0.2, 0) is 24.2 Å². The van der Waals surface area contributed by atoms with E-state index >= 15 is 0 Å². The lowest BCUT2D eigenvalue weighted by atomic mass is 10.0. The number of hydrogen-bond donors (Lipinski definition) is 0. The summed E-state index contributed by atoms with van der Waals surface area (Å²) in [5.41, 5.74) is 2.66. The maximum Gasteiger partial charge on any atom is 0.289 e. The molecule has 3 aliphatic rings. The minimum atomic E-state index is -0.0153. The van der Waals surface area contributed by atoms with Crippen molar-refractivity contribution in [1.82, 2.24) is 19.4 Å². The molecule has 5 rings (SSSR count). The molecule has 1 saturated heterocycles. The van der Waals surface area contributed by atoms with Crippen LogP contribution >= 0.6 is 0 Å². The lowest BCUT2D eigenvalue weighted by Crippen LogP contribution is -2.38. The van der Waals surface area contributed by atoms with Crippen molar-refractivity contribution in [3.63, 3.8) is 0 Å². The summed E-state index contributed by atoms with van der Waals surface area (Å²) in [4.78, 5) is 33.8. The van der Waals surface area contributed by atoms with Gasteiger partial charge in [-0.2, -0.15) is 0 Å². The van der Waals surface area contributed by atoms with Gasteiger partial charge in [0.1, 0.15) is 0 Å². The van der Waals surface area contributed by atoms with Crippen molar-refractivity contribution in [2.24, 2.45) is 23.7 Å². The summed E-state index contributed by atoms with van der Waals surface area (Å²) in [5, 5.41) is 0. The highest BCUT2D eigenvalue weighted by atomic mass is 16.2. The number of aromatic nitrogens is 2. The molecule has 3 atom stereocenters. The van der Waals surface area contributed by atoms with E-state index in [0.29, 0.717) is 29.5 Å². The molecule has 1 aliphatic heterocycles. The summed E-state index contributed by atoms with van der Waals surface area (Å²) >= 11 is 0. The van der Waals surface area contributed by atoms with Gasteiger partial charge in [0, 0.05) is 51.5 Å². The smallest absolute Gasteiger partial charge is 0.289 e. The number of piperidine rings is 1. The molecule has 2 aliphatic carbocycles. The minimum Gasteiger partial charge on any atom is -0.342 e. The monoisotopic (exact) mass is 392 g/mol. The predicted molar refractivity (Wildman–Crippen MR) is 109 cm³/mol. The molecule has 0 spiro atoms. The van der Waals surface area contributed by atoms with Crippen LogP contribution in [0.3, 0.4) is 0 Å². The summed E-state index contributed by atoms with van der Waals surface area (Å²) in [6.45, 7) is 5.21. The fourth-order valence-electron chi connectivity index (χ4n) is 5.42. The molecule has 2 amide bonds. The topological polar surface area (TPSA) is 58.4 Å². The van der Waals surface area contributed by atoms with Crippen LogP contribution < -0.4 is 0 Å². The van der Waals surface area contributed by atoms with Gasteiger partial charge in [-0.15, -0.1) is 0 Å². The van der Waals surface area contributed by atoms with E-state index in [1.54, 1.807) is 11.1 Å². The second-order valence-corrected chi connectivity index (χ2v) is 8.83. The van der Waals surface area contributed by atoms with Crippen molar-refractivity contribution >= 4 is 11.8 Å². The Kier molecular flexibility index (Phi) is 4.45. The highest BCUT2D eigenvalue weighted by Crippen LogP contribution is 2.52. The number of carbonyl (C=O) groups is 2. The fraction of sp³-hybridized carbons (Fsp3) is 0.522. The number of aryl methyl sites for hydroxylation is 1. The first kappa shape index (κ1) is 18.4. The Morgan fingerprint density at radius 2 is 1.79 bits per heavy atom. The second-order valence-electron chi connectivity index (χ2n) is 8.83. The molecule has 0 N–H and O–H groups in total. The number of likely N-dealkylation sites (tertiary alicyclic amines) is 1. The lowest BCUT2D eigenvalue weighted by molar-refractivity contribution is -0.134. The first-order valence-corrected chi connectivity index (χ1v) is 10.7. The van der Waals surface area contributed by atoms with Gasteiger partial charge < -0.3 is 14.4 Å². The zero-order chi connectivity index (χ0) is 20.1. The Balaban J connectivity index is 1.14. The van der Waals surface area contributed by atoms with Crippen LogP contribution in [0.4, 0.5) is 0 Å². The van der Waals surface area contributed by atoms with Crippen molar-refractivity contribution in [3.05, 3.63) is 53.6 Å². The molecular weight excluding hydrogens is 364 g/mol. The molecule has 6 heteroatoms. The lowest BCUT2D eigenvalue weighted by Gasteiger charge is -2.24. The van der Waals surface area contributed by atoms with E-state index in [9.17, 15) is 9.59 Å². The van der Waals surface area contributed by atoms with Crippen LogP contribution in [0.2, 0.25) is 0 Å². The number of amides is 2. The SMILES string of the molecule is CCn1ccnc1C(=O)N(C)CC1[C@H]2CN(C(=O)C3Cc4ccccc4C3)C[C@@H]12. The van der Waals surface area contributed by atoms with Gasteiger partial charge in [0.15, 0.2) is 5.82 Å². The molecule has 0 bridgehead atoms. The molecule has 2 aromatic rings. The Morgan fingerprint density at radius 3 is 2.41 bits per heavy atom. The number of hydrogen-bond acceptors (Lipinski definition) is 3. The fourth-order valence-corrected chi connectivity index (χ4v) is 5.42. The molecular formula is C23H28N4O2. The molecule has 1 saturated carbocycles. The van der Waals surface area contributed by atoms with Crippen LogP contribution in [0.15, 0.2) is 36.7 Å². The normalized spacial score (nSPS) is 25.0. The molecule has 0 radical (unpaired) electrons. The third-order valence-electron chi connectivity index (χ3n) is 7.16. The first-order chi connectivity index (χ1) is 14.1. The van der Waals surface area contributed by atoms with Crippen LogP contribution in [0.25, 0.3) is 0 Å². The van der Waals surface area contributed by atoms with E-state index in [0.717, 1.165) is 39.0 Å². The summed E-state index contributed by atoms with van der Waals surface area (Å²) in [7, 11) is 1.86. The molecule has 152 valence electrons. The van der Waals surface area contributed by atoms with E-state index < -0.39 is 0 Å². The summed E-state index contributed by atoms with van der Waals surface area (Å²) in [5.74, 6) is 2.53. The first-order valence-electron chi connectivity index (χ1n) is 10.7. The van der Waals surface area contributed by atoms with E-state index in [1.165, 1.54) is 11.1 Å². The van der Waals surface area contributed by atoms with E-state index in [-0.39, 0.29) is 11.8 Å². The highest BCUT2D eigenvalue weighted by Gasteiger charge is 2.57. The molecule has 2 heterocycles. The largest absolute Gasteiger partial charge is 0.342 e. The van der Waals surface area contributed by atoms with Gasteiger partial charge in [0.25, 0.3) is 5.91 Å². The zero-order valence-electron chi connectivity index (χ0n) is 17.1. The average Bonchev–Trinajstić information content (AvgIpc) is 3.24. The molecule has 6 nitrogen and oxygen atoms in total. The van der Waals surface area contributed by atoms with Gasteiger partial charge in [-0.3, -0.25) is 9.59 Å². The highest BCUT2D eigenvalue weighted by molar-refractivity contribution is 5.90. The maximum atomic E-state index is 13.0.